The van der Waals surface area contributed by atoms with Crippen LogP contribution in [0.3, 0.4) is 0 Å². The zero-order valence-electron chi connectivity index (χ0n) is 8.79. The maximum Gasteiger partial charge on any atom is 0.0682 e. The fourth-order valence-corrected chi connectivity index (χ4v) is 3.20. The first-order chi connectivity index (χ1) is 6.07. The Balaban J connectivity index is 2.18. The molecular weight excluding hydrogens is 164 g/mol. The van der Waals surface area contributed by atoms with E-state index in [4.69, 9.17) is 4.74 Å². The molecule has 2 heteroatoms. The molecule has 0 aliphatic heterocycles. The predicted molar refractivity (Wildman–Crippen MR) is 51.4 cm³/mol. The van der Waals surface area contributed by atoms with Crippen molar-refractivity contribution in [2.24, 2.45) is 17.8 Å². The van der Waals surface area contributed by atoms with Gasteiger partial charge >= 0.3 is 0 Å². The van der Waals surface area contributed by atoms with Gasteiger partial charge in [-0.15, -0.1) is 0 Å². The summed E-state index contributed by atoms with van der Waals surface area (Å²) in [5.41, 5.74) is 0.0381. The summed E-state index contributed by atoms with van der Waals surface area (Å²) in [7, 11) is 1.80. The number of hydrogen-bond donors (Lipinski definition) is 1. The molecule has 2 aliphatic carbocycles. The standard InChI is InChI=1S/C11H20O2/c1-7-8-4-9(5-10(7)12)11(2,6-8)13-3/h7-10,12H,4-6H2,1-3H3/t7-,8?,9?,10+,11-/m1/s1. The van der Waals surface area contributed by atoms with Crippen molar-refractivity contribution in [1.82, 2.24) is 0 Å². The molecule has 0 aromatic heterocycles. The van der Waals surface area contributed by atoms with Crippen LogP contribution in [0.15, 0.2) is 0 Å². The van der Waals surface area contributed by atoms with Gasteiger partial charge in [0.15, 0.2) is 0 Å². The van der Waals surface area contributed by atoms with Crippen molar-refractivity contribution >= 4 is 0 Å². The Morgan fingerprint density at radius 2 is 2.08 bits per heavy atom. The van der Waals surface area contributed by atoms with E-state index < -0.39 is 0 Å². The van der Waals surface area contributed by atoms with E-state index in [-0.39, 0.29) is 11.7 Å². The van der Waals surface area contributed by atoms with Crippen LogP contribution in [-0.4, -0.2) is 23.9 Å². The Morgan fingerprint density at radius 1 is 1.38 bits per heavy atom. The fourth-order valence-electron chi connectivity index (χ4n) is 3.20. The third-order valence-corrected chi connectivity index (χ3v) is 4.46. The largest absolute Gasteiger partial charge is 0.393 e. The van der Waals surface area contributed by atoms with Gasteiger partial charge in [0.05, 0.1) is 11.7 Å². The Bertz CT molecular complexity index is 204. The van der Waals surface area contributed by atoms with E-state index in [9.17, 15) is 5.11 Å². The van der Waals surface area contributed by atoms with Crippen molar-refractivity contribution in [2.45, 2.75) is 44.8 Å². The van der Waals surface area contributed by atoms with Crippen molar-refractivity contribution in [1.29, 1.82) is 0 Å². The number of fused-ring (bicyclic) bond motifs is 2. The third kappa shape index (κ3) is 1.31. The molecule has 0 saturated heterocycles. The van der Waals surface area contributed by atoms with Crippen molar-refractivity contribution in [2.75, 3.05) is 7.11 Å². The zero-order chi connectivity index (χ0) is 9.64. The van der Waals surface area contributed by atoms with Gasteiger partial charge in [0.1, 0.15) is 0 Å². The van der Waals surface area contributed by atoms with E-state index in [1.54, 1.807) is 7.11 Å². The first-order valence-corrected chi connectivity index (χ1v) is 5.30. The molecule has 2 unspecified atom stereocenters. The summed E-state index contributed by atoms with van der Waals surface area (Å²) in [4.78, 5) is 0. The van der Waals surface area contributed by atoms with Gasteiger partial charge in [0.2, 0.25) is 0 Å². The van der Waals surface area contributed by atoms with Gasteiger partial charge in [0, 0.05) is 7.11 Å². The molecular formula is C11H20O2. The molecule has 0 radical (unpaired) electrons. The van der Waals surface area contributed by atoms with Gasteiger partial charge in [-0.3, -0.25) is 0 Å². The van der Waals surface area contributed by atoms with Crippen LogP contribution in [0, 0.1) is 17.8 Å². The van der Waals surface area contributed by atoms with Crippen LogP contribution < -0.4 is 0 Å². The van der Waals surface area contributed by atoms with Crippen molar-refractivity contribution in [3.05, 3.63) is 0 Å². The third-order valence-electron chi connectivity index (χ3n) is 4.46. The van der Waals surface area contributed by atoms with E-state index in [0.717, 1.165) is 12.8 Å². The van der Waals surface area contributed by atoms with Gasteiger partial charge < -0.3 is 9.84 Å². The first kappa shape index (κ1) is 9.47. The molecule has 0 heterocycles. The Morgan fingerprint density at radius 3 is 2.69 bits per heavy atom. The molecule has 76 valence electrons. The van der Waals surface area contributed by atoms with E-state index >= 15 is 0 Å². The first-order valence-electron chi connectivity index (χ1n) is 5.30. The van der Waals surface area contributed by atoms with Gasteiger partial charge in [0.25, 0.3) is 0 Å². The highest BCUT2D eigenvalue weighted by atomic mass is 16.5. The molecule has 2 bridgehead atoms. The molecule has 13 heavy (non-hydrogen) atoms. The van der Waals surface area contributed by atoms with E-state index in [1.807, 2.05) is 0 Å². The Labute approximate surface area is 80.3 Å². The van der Waals surface area contributed by atoms with E-state index in [2.05, 4.69) is 13.8 Å². The predicted octanol–water partition coefficient (Wildman–Crippen LogP) is 1.82. The molecule has 0 amide bonds. The number of aliphatic hydroxyl groups excluding tert-OH is 1. The minimum Gasteiger partial charge on any atom is -0.393 e. The zero-order valence-corrected chi connectivity index (χ0v) is 8.79. The highest BCUT2D eigenvalue weighted by Crippen LogP contribution is 2.51. The molecule has 0 aromatic carbocycles. The summed E-state index contributed by atoms with van der Waals surface area (Å²) in [5.74, 6) is 1.72. The van der Waals surface area contributed by atoms with Gasteiger partial charge in [-0.25, -0.2) is 0 Å². The molecule has 0 spiro atoms. The Kier molecular flexibility index (Phi) is 2.16. The summed E-state index contributed by atoms with van der Waals surface area (Å²) in [5, 5.41) is 9.83. The van der Waals surface area contributed by atoms with Crippen molar-refractivity contribution < 1.29 is 9.84 Å². The topological polar surface area (TPSA) is 29.5 Å². The molecule has 2 fully saturated rings. The average molecular weight is 184 g/mol. The van der Waals surface area contributed by atoms with Crippen LogP contribution in [0.1, 0.15) is 33.1 Å². The smallest absolute Gasteiger partial charge is 0.0682 e. The van der Waals surface area contributed by atoms with Gasteiger partial charge in [-0.2, -0.15) is 0 Å². The highest BCUT2D eigenvalue weighted by molar-refractivity contribution is 5.01. The summed E-state index contributed by atoms with van der Waals surface area (Å²) < 4.78 is 5.60. The lowest BCUT2D eigenvalue weighted by Gasteiger charge is -2.33. The van der Waals surface area contributed by atoms with Crippen molar-refractivity contribution in [3.63, 3.8) is 0 Å². The van der Waals surface area contributed by atoms with Crippen LogP contribution in [0.5, 0.6) is 0 Å². The summed E-state index contributed by atoms with van der Waals surface area (Å²) in [6.07, 6.45) is 3.22. The molecule has 2 rings (SSSR count). The maximum atomic E-state index is 9.83. The van der Waals surface area contributed by atoms with Crippen LogP contribution in [0.4, 0.5) is 0 Å². The summed E-state index contributed by atoms with van der Waals surface area (Å²) in [6.45, 7) is 4.37. The number of ether oxygens (including phenoxy) is 1. The molecule has 2 saturated carbocycles. The number of methoxy groups -OCH3 is 1. The highest BCUT2D eigenvalue weighted by Gasteiger charge is 2.51. The maximum absolute atomic E-state index is 9.83. The quantitative estimate of drug-likeness (QED) is 0.673. The lowest BCUT2D eigenvalue weighted by molar-refractivity contribution is -0.0389. The molecule has 2 aliphatic rings. The average Bonchev–Trinajstić information content (AvgIpc) is 2.39. The molecule has 0 aromatic rings. The molecule has 5 atom stereocenters. The van der Waals surface area contributed by atoms with Gasteiger partial charge in [-0.05, 0) is 43.9 Å². The minimum atomic E-state index is -0.0966. The SMILES string of the molecule is CO[C@]1(C)CC2CC1C[C@H](O)[C@@H]2C. The molecule has 2 nitrogen and oxygen atoms in total. The number of rotatable bonds is 1. The second-order valence-corrected chi connectivity index (χ2v) is 5.08. The summed E-state index contributed by atoms with van der Waals surface area (Å²) >= 11 is 0. The number of hydrogen-bond acceptors (Lipinski definition) is 2. The lowest BCUT2D eigenvalue weighted by Crippen LogP contribution is -2.35. The fraction of sp³-hybridized carbons (Fsp3) is 1.00. The second kappa shape index (κ2) is 2.96. The Hall–Kier alpha value is -0.0800. The minimum absolute atomic E-state index is 0.0381. The van der Waals surface area contributed by atoms with Gasteiger partial charge in [-0.1, -0.05) is 6.92 Å². The van der Waals surface area contributed by atoms with Crippen LogP contribution in [0.2, 0.25) is 0 Å². The normalized spacial score (nSPS) is 55.4. The summed E-state index contributed by atoms with van der Waals surface area (Å²) in [6, 6.07) is 0. The van der Waals surface area contributed by atoms with E-state index in [0.29, 0.717) is 17.8 Å². The van der Waals surface area contributed by atoms with Crippen LogP contribution >= 0.6 is 0 Å². The van der Waals surface area contributed by atoms with Crippen LogP contribution in [0.25, 0.3) is 0 Å². The monoisotopic (exact) mass is 184 g/mol. The van der Waals surface area contributed by atoms with E-state index in [1.165, 1.54) is 6.42 Å². The lowest BCUT2D eigenvalue weighted by atomic mass is 9.78. The number of aliphatic hydroxyl groups is 1. The molecule has 1 N–H and O–H groups in total. The second-order valence-electron chi connectivity index (χ2n) is 5.08. The van der Waals surface area contributed by atoms with Crippen LogP contribution in [-0.2, 0) is 4.74 Å². The van der Waals surface area contributed by atoms with Crippen molar-refractivity contribution in [3.8, 4) is 0 Å².